The first kappa shape index (κ1) is 9.27. The van der Waals surface area contributed by atoms with Crippen LogP contribution in [0.5, 0.6) is 0 Å². The van der Waals surface area contributed by atoms with Gasteiger partial charge in [-0.3, -0.25) is 5.10 Å². The van der Waals surface area contributed by atoms with Crippen molar-refractivity contribution in [2.75, 3.05) is 5.32 Å². The van der Waals surface area contributed by atoms with Crippen molar-refractivity contribution in [3.63, 3.8) is 0 Å². The van der Waals surface area contributed by atoms with Crippen molar-refractivity contribution in [3.05, 3.63) is 46.7 Å². The van der Waals surface area contributed by atoms with Crippen LogP contribution in [0, 0.1) is 0 Å². The van der Waals surface area contributed by atoms with Crippen molar-refractivity contribution < 1.29 is 0 Å². The summed E-state index contributed by atoms with van der Waals surface area (Å²) >= 11 is 3.47. The van der Waals surface area contributed by atoms with Gasteiger partial charge in [0.2, 0.25) is 0 Å². The number of anilines is 1. The average Bonchev–Trinajstić information content (AvgIpc) is 2.69. The van der Waals surface area contributed by atoms with Crippen molar-refractivity contribution in [1.82, 2.24) is 10.2 Å². The Bertz CT molecular complexity index is 398. The molecule has 4 heteroatoms. The van der Waals surface area contributed by atoms with Gasteiger partial charge in [0.1, 0.15) is 0 Å². The molecule has 72 valence electrons. The molecule has 1 aromatic heterocycles. The molecule has 0 aliphatic heterocycles. The molecule has 1 heterocycles. The summed E-state index contributed by atoms with van der Waals surface area (Å²) in [5, 5.41) is 10.1. The Kier molecular flexibility index (Phi) is 2.84. The number of aromatic nitrogens is 2. The van der Waals surface area contributed by atoms with Crippen LogP contribution in [0.1, 0.15) is 5.69 Å². The molecule has 0 amide bonds. The van der Waals surface area contributed by atoms with Crippen molar-refractivity contribution in [2.24, 2.45) is 0 Å². The highest BCUT2D eigenvalue weighted by atomic mass is 79.9. The van der Waals surface area contributed by atoms with E-state index in [4.69, 9.17) is 0 Å². The maximum Gasteiger partial charge on any atom is 0.0568 e. The van der Waals surface area contributed by atoms with E-state index in [0.717, 1.165) is 22.4 Å². The molecule has 0 saturated heterocycles. The molecule has 0 bridgehead atoms. The van der Waals surface area contributed by atoms with Gasteiger partial charge in [-0.1, -0.05) is 12.1 Å². The fourth-order valence-corrected chi connectivity index (χ4v) is 1.60. The van der Waals surface area contributed by atoms with Gasteiger partial charge in [-0.2, -0.15) is 5.10 Å². The smallest absolute Gasteiger partial charge is 0.0568 e. The van der Waals surface area contributed by atoms with E-state index >= 15 is 0 Å². The van der Waals surface area contributed by atoms with Crippen molar-refractivity contribution in [3.8, 4) is 0 Å². The molecular formula is C10H10BrN3. The molecule has 2 aromatic rings. The van der Waals surface area contributed by atoms with Gasteiger partial charge in [-0.25, -0.2) is 0 Å². The maximum atomic E-state index is 3.88. The van der Waals surface area contributed by atoms with Crippen LogP contribution in [0.15, 0.2) is 41.0 Å². The maximum absolute atomic E-state index is 3.88. The monoisotopic (exact) mass is 251 g/mol. The third-order valence-electron chi connectivity index (χ3n) is 1.90. The molecule has 14 heavy (non-hydrogen) atoms. The van der Waals surface area contributed by atoms with Crippen LogP contribution >= 0.6 is 15.9 Å². The fraction of sp³-hybridized carbons (Fsp3) is 0.100. The first-order valence-electron chi connectivity index (χ1n) is 4.33. The Morgan fingerprint density at radius 2 is 2.14 bits per heavy atom. The molecule has 0 aliphatic rings. The van der Waals surface area contributed by atoms with Crippen molar-refractivity contribution >= 4 is 21.6 Å². The number of hydrogen-bond donors (Lipinski definition) is 2. The van der Waals surface area contributed by atoms with E-state index in [1.807, 2.05) is 30.3 Å². The fourth-order valence-electron chi connectivity index (χ4n) is 1.18. The van der Waals surface area contributed by atoms with Crippen LogP contribution in [0.2, 0.25) is 0 Å². The highest BCUT2D eigenvalue weighted by molar-refractivity contribution is 9.10. The summed E-state index contributed by atoms with van der Waals surface area (Å²) in [6.45, 7) is 0.753. The zero-order valence-electron chi connectivity index (χ0n) is 7.50. The zero-order chi connectivity index (χ0) is 9.80. The Balaban J connectivity index is 2.02. The highest BCUT2D eigenvalue weighted by Gasteiger charge is 1.97. The third kappa shape index (κ3) is 2.14. The lowest BCUT2D eigenvalue weighted by Crippen LogP contribution is -2.00. The zero-order valence-corrected chi connectivity index (χ0v) is 9.08. The first-order chi connectivity index (χ1) is 6.86. The normalized spacial score (nSPS) is 10.1. The number of aromatic amines is 1. The second-order valence-electron chi connectivity index (χ2n) is 2.92. The van der Waals surface area contributed by atoms with Crippen molar-refractivity contribution in [1.29, 1.82) is 0 Å². The van der Waals surface area contributed by atoms with Crippen LogP contribution in [0.3, 0.4) is 0 Å². The Morgan fingerprint density at radius 1 is 1.29 bits per heavy atom. The number of nitrogens with one attached hydrogen (secondary N) is 2. The minimum atomic E-state index is 0.753. The van der Waals surface area contributed by atoms with E-state index in [-0.39, 0.29) is 0 Å². The van der Waals surface area contributed by atoms with Crippen LogP contribution < -0.4 is 5.32 Å². The molecule has 0 fully saturated rings. The quantitative estimate of drug-likeness (QED) is 0.881. The second kappa shape index (κ2) is 4.28. The molecule has 0 atom stereocenters. The van der Waals surface area contributed by atoms with Gasteiger partial charge in [0, 0.05) is 16.4 Å². The van der Waals surface area contributed by atoms with Gasteiger partial charge in [-0.15, -0.1) is 0 Å². The Morgan fingerprint density at radius 3 is 2.86 bits per heavy atom. The summed E-state index contributed by atoms with van der Waals surface area (Å²) in [6.07, 6.45) is 1.75. The number of rotatable bonds is 3. The summed E-state index contributed by atoms with van der Waals surface area (Å²) in [4.78, 5) is 0. The SMILES string of the molecule is Brc1ccccc1NCc1ccn[nH]1. The van der Waals surface area contributed by atoms with Crippen LogP contribution in [0.25, 0.3) is 0 Å². The standard InChI is InChI=1S/C10H10BrN3/c11-9-3-1-2-4-10(9)12-7-8-5-6-13-14-8/h1-6,12H,7H2,(H,13,14). The van der Waals surface area contributed by atoms with E-state index in [0.29, 0.717) is 0 Å². The van der Waals surface area contributed by atoms with E-state index < -0.39 is 0 Å². The summed E-state index contributed by atoms with van der Waals surface area (Å²) in [5.74, 6) is 0. The third-order valence-corrected chi connectivity index (χ3v) is 2.59. The Hall–Kier alpha value is -1.29. The largest absolute Gasteiger partial charge is 0.379 e. The van der Waals surface area contributed by atoms with E-state index in [1.54, 1.807) is 6.20 Å². The topological polar surface area (TPSA) is 40.7 Å². The number of halogens is 1. The van der Waals surface area contributed by atoms with Crippen LogP contribution in [0.4, 0.5) is 5.69 Å². The summed E-state index contributed by atoms with van der Waals surface area (Å²) in [5.41, 5.74) is 2.16. The Labute approximate surface area is 90.7 Å². The summed E-state index contributed by atoms with van der Waals surface area (Å²) < 4.78 is 1.07. The van der Waals surface area contributed by atoms with Crippen LogP contribution in [-0.4, -0.2) is 10.2 Å². The summed E-state index contributed by atoms with van der Waals surface area (Å²) in [7, 11) is 0. The molecule has 3 nitrogen and oxygen atoms in total. The van der Waals surface area contributed by atoms with Gasteiger partial charge in [0.05, 0.1) is 12.2 Å². The lowest BCUT2D eigenvalue weighted by atomic mass is 10.3. The van der Waals surface area contributed by atoms with E-state index in [2.05, 4.69) is 31.4 Å². The van der Waals surface area contributed by atoms with Gasteiger partial charge in [-0.05, 0) is 34.1 Å². The minimum Gasteiger partial charge on any atom is -0.379 e. The predicted molar refractivity (Wildman–Crippen MR) is 60.1 cm³/mol. The molecule has 1 aromatic carbocycles. The number of benzene rings is 1. The lowest BCUT2D eigenvalue weighted by molar-refractivity contribution is 0.981. The van der Waals surface area contributed by atoms with Gasteiger partial charge in [0.15, 0.2) is 0 Å². The predicted octanol–water partition coefficient (Wildman–Crippen LogP) is 2.78. The number of nitrogens with zero attached hydrogens (tertiary/aromatic N) is 1. The molecule has 2 N–H and O–H groups in total. The molecule has 0 unspecified atom stereocenters. The number of hydrogen-bond acceptors (Lipinski definition) is 2. The first-order valence-corrected chi connectivity index (χ1v) is 5.12. The second-order valence-corrected chi connectivity index (χ2v) is 3.77. The number of H-pyrrole nitrogens is 1. The molecule has 0 spiro atoms. The molecule has 0 radical (unpaired) electrons. The lowest BCUT2D eigenvalue weighted by Gasteiger charge is -2.06. The minimum absolute atomic E-state index is 0.753. The van der Waals surface area contributed by atoms with Gasteiger partial charge in [0.25, 0.3) is 0 Å². The highest BCUT2D eigenvalue weighted by Crippen LogP contribution is 2.21. The molecule has 0 aliphatic carbocycles. The van der Waals surface area contributed by atoms with Gasteiger partial charge >= 0.3 is 0 Å². The number of para-hydroxylation sites is 1. The summed E-state index contributed by atoms with van der Waals surface area (Å²) in [6, 6.07) is 9.98. The van der Waals surface area contributed by atoms with Crippen LogP contribution in [-0.2, 0) is 6.54 Å². The molecule has 2 rings (SSSR count). The molecular weight excluding hydrogens is 242 g/mol. The van der Waals surface area contributed by atoms with E-state index in [9.17, 15) is 0 Å². The molecule has 0 saturated carbocycles. The average molecular weight is 252 g/mol. The van der Waals surface area contributed by atoms with Gasteiger partial charge < -0.3 is 5.32 Å². The van der Waals surface area contributed by atoms with Crippen molar-refractivity contribution in [2.45, 2.75) is 6.54 Å². The van der Waals surface area contributed by atoms with E-state index in [1.165, 1.54) is 0 Å².